The first-order valence-corrected chi connectivity index (χ1v) is 9.06. The van der Waals surface area contributed by atoms with Gasteiger partial charge >= 0.3 is 7.12 Å². The Labute approximate surface area is 157 Å². The van der Waals surface area contributed by atoms with E-state index in [1.54, 1.807) is 7.11 Å². The lowest BCUT2D eigenvalue weighted by Gasteiger charge is -2.64. The van der Waals surface area contributed by atoms with Crippen LogP contribution in [0.4, 0.5) is 0 Å². The Morgan fingerprint density at radius 2 is 1.92 bits per heavy atom. The highest BCUT2D eigenvalue weighted by atomic mass is 35.5. The summed E-state index contributed by atoms with van der Waals surface area (Å²) in [6, 6.07) is 8.05. The number of methoxy groups -OCH3 is 1. The molecule has 3 aliphatic carbocycles. The molecular formula is C19H29BClNO3. The maximum atomic E-state index is 6.45. The highest BCUT2D eigenvalue weighted by Gasteiger charge is 2.68. The van der Waals surface area contributed by atoms with E-state index in [0.29, 0.717) is 11.3 Å². The Balaban J connectivity index is 0.00000182. The molecule has 0 radical (unpaired) electrons. The maximum Gasteiger partial charge on any atom is 0.475 e. The molecule has 1 heterocycles. The summed E-state index contributed by atoms with van der Waals surface area (Å²) in [7, 11) is 1.37. The summed E-state index contributed by atoms with van der Waals surface area (Å²) in [6.45, 7) is 6.99. The van der Waals surface area contributed by atoms with E-state index in [0.717, 1.165) is 24.5 Å². The van der Waals surface area contributed by atoms with E-state index in [1.807, 2.05) is 12.1 Å². The van der Waals surface area contributed by atoms with Gasteiger partial charge in [-0.3, -0.25) is 0 Å². The van der Waals surface area contributed by atoms with Gasteiger partial charge in [-0.2, -0.15) is 0 Å². The second-order valence-electron chi connectivity index (χ2n) is 8.55. The molecule has 5 atom stereocenters. The van der Waals surface area contributed by atoms with Gasteiger partial charge in [-0.1, -0.05) is 26.0 Å². The van der Waals surface area contributed by atoms with Crippen LogP contribution >= 0.6 is 12.4 Å². The second kappa shape index (κ2) is 6.45. The fourth-order valence-corrected chi connectivity index (χ4v) is 5.21. The van der Waals surface area contributed by atoms with Crippen LogP contribution < -0.4 is 10.5 Å². The monoisotopic (exact) mass is 365 g/mol. The number of ether oxygens (including phenoxy) is 1. The zero-order chi connectivity index (χ0) is 17.1. The van der Waals surface area contributed by atoms with Crippen LogP contribution in [0.5, 0.6) is 5.75 Å². The lowest BCUT2D eigenvalue weighted by atomic mass is 9.43. The summed E-state index contributed by atoms with van der Waals surface area (Å²) in [5, 5.41) is 0. The zero-order valence-corrected chi connectivity index (χ0v) is 16.3. The molecule has 1 aromatic rings. The summed E-state index contributed by atoms with van der Waals surface area (Å²) in [4.78, 5) is 0. The van der Waals surface area contributed by atoms with E-state index < -0.39 is 0 Å². The molecule has 0 spiro atoms. The molecule has 2 bridgehead atoms. The molecule has 5 rings (SSSR count). The third-order valence-corrected chi connectivity index (χ3v) is 6.95. The van der Waals surface area contributed by atoms with Crippen molar-refractivity contribution < 1.29 is 14.0 Å². The van der Waals surface area contributed by atoms with Crippen molar-refractivity contribution in [3.05, 3.63) is 29.8 Å². The SMILES string of the molecule is COc1ccc(C[C@H](N)B2O[C@@H]3CC4C[C@@H](C4(C)C)[C@]3(C)O2)cc1.Cl. The summed E-state index contributed by atoms with van der Waals surface area (Å²) in [6.07, 6.45) is 3.31. The molecule has 1 saturated heterocycles. The van der Waals surface area contributed by atoms with Gasteiger partial charge in [0, 0.05) is 5.94 Å². The van der Waals surface area contributed by atoms with Crippen molar-refractivity contribution in [3.63, 3.8) is 0 Å². The van der Waals surface area contributed by atoms with Crippen molar-refractivity contribution in [2.45, 2.75) is 57.7 Å². The molecule has 2 N–H and O–H groups in total. The van der Waals surface area contributed by atoms with Crippen molar-refractivity contribution in [2.24, 2.45) is 23.0 Å². The van der Waals surface area contributed by atoms with Crippen LogP contribution in [0.3, 0.4) is 0 Å². The molecule has 25 heavy (non-hydrogen) atoms. The number of rotatable bonds is 4. The van der Waals surface area contributed by atoms with Crippen LogP contribution in [0.1, 0.15) is 39.2 Å². The molecule has 1 aliphatic heterocycles. The minimum absolute atomic E-state index is 0. The fraction of sp³-hybridized carbons (Fsp3) is 0.684. The van der Waals surface area contributed by atoms with Crippen molar-refractivity contribution in [1.82, 2.24) is 0 Å². The fourth-order valence-electron chi connectivity index (χ4n) is 5.21. The summed E-state index contributed by atoms with van der Waals surface area (Å²) in [5.41, 5.74) is 7.81. The predicted molar refractivity (Wildman–Crippen MR) is 102 cm³/mol. The quantitative estimate of drug-likeness (QED) is 0.832. The standard InChI is InChI=1S/C19H28BNO3.ClH/c1-18(2)13-10-15(18)19(3)16(11-13)23-20(24-19)17(21)9-12-5-7-14(22-4)8-6-12;/h5-8,13,15-17H,9-11,21H2,1-4H3;1H/t13?,15-,16+,17-,19-;/m0./s1. The molecule has 0 aromatic heterocycles. The van der Waals surface area contributed by atoms with E-state index in [4.69, 9.17) is 19.8 Å². The lowest BCUT2D eigenvalue weighted by Crippen LogP contribution is -2.65. The van der Waals surface area contributed by atoms with E-state index in [9.17, 15) is 0 Å². The molecule has 1 aromatic carbocycles. The Bertz CT molecular complexity index is 626. The molecule has 4 fully saturated rings. The van der Waals surface area contributed by atoms with E-state index in [2.05, 4.69) is 32.9 Å². The Hall–Kier alpha value is -0.745. The van der Waals surface area contributed by atoms with Crippen molar-refractivity contribution in [1.29, 1.82) is 0 Å². The van der Waals surface area contributed by atoms with E-state index in [1.165, 1.54) is 12.0 Å². The molecule has 4 nitrogen and oxygen atoms in total. The average Bonchev–Trinajstić information content (AvgIpc) is 2.92. The van der Waals surface area contributed by atoms with Gasteiger partial charge in [0.25, 0.3) is 0 Å². The van der Waals surface area contributed by atoms with Crippen LogP contribution in [-0.4, -0.2) is 31.9 Å². The number of hydrogen-bond acceptors (Lipinski definition) is 4. The largest absolute Gasteiger partial charge is 0.497 e. The van der Waals surface area contributed by atoms with Crippen molar-refractivity contribution in [2.75, 3.05) is 7.11 Å². The molecule has 138 valence electrons. The smallest absolute Gasteiger partial charge is 0.475 e. The van der Waals surface area contributed by atoms with E-state index >= 15 is 0 Å². The Morgan fingerprint density at radius 1 is 1.24 bits per heavy atom. The van der Waals surface area contributed by atoms with Crippen molar-refractivity contribution in [3.8, 4) is 5.75 Å². The first-order chi connectivity index (χ1) is 11.3. The predicted octanol–water partition coefficient (Wildman–Crippen LogP) is 3.25. The second-order valence-corrected chi connectivity index (χ2v) is 8.55. The van der Waals surface area contributed by atoms with Gasteiger partial charge in [-0.15, -0.1) is 12.4 Å². The molecule has 3 saturated carbocycles. The number of halogens is 1. The minimum Gasteiger partial charge on any atom is -0.497 e. The topological polar surface area (TPSA) is 53.7 Å². The zero-order valence-electron chi connectivity index (χ0n) is 15.5. The third-order valence-electron chi connectivity index (χ3n) is 6.95. The highest BCUT2D eigenvalue weighted by Crippen LogP contribution is 2.65. The summed E-state index contributed by atoms with van der Waals surface area (Å²) < 4.78 is 17.9. The number of nitrogens with two attached hydrogens (primary N) is 1. The maximum absolute atomic E-state index is 6.45. The Morgan fingerprint density at radius 3 is 2.52 bits per heavy atom. The van der Waals surface area contributed by atoms with Crippen LogP contribution in [0.25, 0.3) is 0 Å². The van der Waals surface area contributed by atoms with Gasteiger partial charge in [0.2, 0.25) is 0 Å². The molecule has 4 aliphatic rings. The molecular weight excluding hydrogens is 336 g/mol. The van der Waals surface area contributed by atoms with Crippen LogP contribution in [0, 0.1) is 17.3 Å². The first-order valence-electron chi connectivity index (χ1n) is 9.06. The first kappa shape index (κ1) is 19.0. The van der Waals surface area contributed by atoms with Crippen LogP contribution in [-0.2, 0) is 15.7 Å². The van der Waals surface area contributed by atoms with Crippen LogP contribution in [0.15, 0.2) is 24.3 Å². The summed E-state index contributed by atoms with van der Waals surface area (Å²) in [5.74, 6) is 2.05. The average molecular weight is 366 g/mol. The normalized spacial score (nSPS) is 36.0. The molecule has 6 heteroatoms. The third kappa shape index (κ3) is 2.89. The number of benzene rings is 1. The Kier molecular flexibility index (Phi) is 4.91. The van der Waals surface area contributed by atoms with Gasteiger partial charge in [-0.25, -0.2) is 0 Å². The van der Waals surface area contributed by atoms with Crippen molar-refractivity contribution >= 4 is 19.5 Å². The minimum atomic E-state index is -0.308. The van der Waals surface area contributed by atoms with Gasteiger partial charge in [-0.05, 0) is 61.1 Å². The highest BCUT2D eigenvalue weighted by molar-refractivity contribution is 6.47. The van der Waals surface area contributed by atoms with Gasteiger partial charge in [0.1, 0.15) is 5.75 Å². The van der Waals surface area contributed by atoms with E-state index in [-0.39, 0.29) is 37.2 Å². The number of hydrogen-bond donors (Lipinski definition) is 1. The van der Waals surface area contributed by atoms with Gasteiger partial charge < -0.3 is 19.8 Å². The summed E-state index contributed by atoms with van der Waals surface area (Å²) >= 11 is 0. The molecule has 1 unspecified atom stereocenters. The van der Waals surface area contributed by atoms with Crippen LogP contribution in [0.2, 0.25) is 0 Å². The van der Waals surface area contributed by atoms with Gasteiger partial charge in [0.05, 0.1) is 18.8 Å². The van der Waals surface area contributed by atoms with Gasteiger partial charge in [0.15, 0.2) is 0 Å². The lowest BCUT2D eigenvalue weighted by molar-refractivity contribution is -0.199. The molecule has 0 amide bonds.